The van der Waals surface area contributed by atoms with Crippen molar-refractivity contribution in [3.63, 3.8) is 0 Å². The van der Waals surface area contributed by atoms with Gasteiger partial charge in [-0.2, -0.15) is 13.2 Å². The van der Waals surface area contributed by atoms with Gasteiger partial charge in [0, 0.05) is 22.2 Å². The molecule has 6 rings (SSSR count). The lowest BCUT2D eigenvalue weighted by molar-refractivity contribution is -0.141. The Bertz CT molecular complexity index is 1970. The predicted molar refractivity (Wildman–Crippen MR) is 157 cm³/mol. The topological polar surface area (TPSA) is 92.7 Å². The second kappa shape index (κ2) is 11.8. The van der Waals surface area contributed by atoms with Gasteiger partial charge in [-0.15, -0.1) is 10.2 Å². The fourth-order valence-corrected chi connectivity index (χ4v) is 5.07. The summed E-state index contributed by atoms with van der Waals surface area (Å²) in [5.74, 6) is 0.276. The molecule has 3 heterocycles. The van der Waals surface area contributed by atoms with Gasteiger partial charge in [-0.25, -0.2) is 9.36 Å². The number of ether oxygens (including phenoxy) is 1. The summed E-state index contributed by atoms with van der Waals surface area (Å²) in [7, 11) is 1.44. The minimum atomic E-state index is -4.68. The lowest BCUT2D eigenvalue weighted by Gasteiger charge is -2.21. The Morgan fingerprint density at radius 2 is 1.55 bits per heavy atom. The molecule has 0 bridgehead atoms. The number of methoxy groups -OCH3 is 1. The van der Waals surface area contributed by atoms with Gasteiger partial charge in [0.15, 0.2) is 5.69 Å². The molecule has 0 aliphatic heterocycles. The minimum absolute atomic E-state index is 0.222. The summed E-state index contributed by atoms with van der Waals surface area (Å²) >= 11 is 6.31. The van der Waals surface area contributed by atoms with Crippen LogP contribution in [0.5, 0.6) is 5.75 Å². The van der Waals surface area contributed by atoms with Crippen LogP contribution in [0.4, 0.5) is 13.2 Å². The molecule has 44 heavy (non-hydrogen) atoms. The van der Waals surface area contributed by atoms with Crippen molar-refractivity contribution in [1.82, 2.24) is 34.6 Å². The van der Waals surface area contributed by atoms with Crippen molar-refractivity contribution in [2.24, 2.45) is 0 Å². The average Bonchev–Trinajstić information content (AvgIpc) is 3.72. The number of benzene rings is 3. The van der Waals surface area contributed by atoms with Crippen molar-refractivity contribution in [3.8, 4) is 28.3 Å². The number of pyridine rings is 1. The normalized spacial score (nSPS) is 12.3. The van der Waals surface area contributed by atoms with Gasteiger partial charge >= 0.3 is 6.18 Å². The minimum Gasteiger partial charge on any atom is -0.495 e. The SMILES string of the molecule is COc1cn(C(Cc2ccccc2)c2cn(-c3ccccc3)nn2)c(=O)cc1-c1cc(Cl)ccc1-n1cc(C(F)(F)F)nn1. The highest BCUT2D eigenvalue weighted by atomic mass is 35.5. The third-order valence-corrected chi connectivity index (χ3v) is 7.26. The monoisotopic (exact) mass is 617 g/mol. The van der Waals surface area contributed by atoms with E-state index < -0.39 is 23.5 Å². The van der Waals surface area contributed by atoms with Crippen molar-refractivity contribution < 1.29 is 17.9 Å². The van der Waals surface area contributed by atoms with E-state index in [1.54, 1.807) is 17.1 Å². The van der Waals surface area contributed by atoms with Crippen molar-refractivity contribution in [2.75, 3.05) is 7.11 Å². The molecule has 0 amide bonds. The van der Waals surface area contributed by atoms with E-state index in [1.165, 1.54) is 35.9 Å². The molecule has 0 N–H and O–H groups in total. The van der Waals surface area contributed by atoms with Crippen molar-refractivity contribution in [2.45, 2.75) is 18.6 Å². The highest BCUT2D eigenvalue weighted by Gasteiger charge is 2.35. The number of halogens is 4. The van der Waals surface area contributed by atoms with Gasteiger partial charge < -0.3 is 9.30 Å². The molecule has 3 aromatic heterocycles. The summed E-state index contributed by atoms with van der Waals surface area (Å²) in [6.07, 6.45) is -0.169. The zero-order valence-corrected chi connectivity index (χ0v) is 23.8. The van der Waals surface area contributed by atoms with Gasteiger partial charge in [0.25, 0.3) is 5.56 Å². The maximum atomic E-state index is 13.9. The van der Waals surface area contributed by atoms with E-state index in [0.29, 0.717) is 28.3 Å². The summed E-state index contributed by atoms with van der Waals surface area (Å²) in [5, 5.41) is 15.9. The van der Waals surface area contributed by atoms with E-state index in [1.807, 2.05) is 60.7 Å². The molecule has 0 spiro atoms. The smallest absolute Gasteiger partial charge is 0.436 e. The highest BCUT2D eigenvalue weighted by Crippen LogP contribution is 2.36. The molecule has 0 radical (unpaired) electrons. The molecule has 0 aliphatic rings. The van der Waals surface area contributed by atoms with Gasteiger partial charge in [0.05, 0.1) is 43.1 Å². The molecule has 222 valence electrons. The van der Waals surface area contributed by atoms with E-state index in [-0.39, 0.29) is 11.4 Å². The first-order chi connectivity index (χ1) is 21.2. The third-order valence-electron chi connectivity index (χ3n) is 7.02. The zero-order chi connectivity index (χ0) is 30.8. The number of hydrogen-bond donors (Lipinski definition) is 0. The number of aromatic nitrogens is 7. The first kappa shape index (κ1) is 28.9. The number of rotatable bonds is 8. The summed E-state index contributed by atoms with van der Waals surface area (Å²) < 4.78 is 49.7. The summed E-state index contributed by atoms with van der Waals surface area (Å²) in [4.78, 5) is 13.9. The Kier molecular flexibility index (Phi) is 7.75. The van der Waals surface area contributed by atoms with Crippen molar-refractivity contribution in [3.05, 3.63) is 136 Å². The van der Waals surface area contributed by atoms with E-state index in [2.05, 4.69) is 20.6 Å². The average molecular weight is 618 g/mol. The van der Waals surface area contributed by atoms with E-state index in [9.17, 15) is 18.0 Å². The Labute approximate surface area is 253 Å². The third kappa shape index (κ3) is 5.84. The van der Waals surface area contributed by atoms with Crippen LogP contribution in [0.1, 0.15) is 23.0 Å². The van der Waals surface area contributed by atoms with Crippen LogP contribution < -0.4 is 10.3 Å². The standard InChI is InChI=1S/C31H23ClF3N7O2/c1-44-28-18-40(27(14-20-8-4-2-5-9-20)25-17-41(38-36-25)22-10-6-3-7-11-22)30(43)16-24(28)23-15-21(32)12-13-26(23)42-19-29(37-39-42)31(33,34)35/h2-13,15-19,27H,14H2,1H3. The van der Waals surface area contributed by atoms with Gasteiger partial charge in [-0.05, 0) is 42.3 Å². The molecule has 13 heteroatoms. The first-order valence-electron chi connectivity index (χ1n) is 13.3. The Hall–Kier alpha value is -5.23. The summed E-state index contributed by atoms with van der Waals surface area (Å²) in [5.41, 5.74) is 1.60. The van der Waals surface area contributed by atoms with Crippen LogP contribution in [0, 0.1) is 0 Å². The first-order valence-corrected chi connectivity index (χ1v) is 13.7. The molecular weight excluding hydrogens is 595 g/mol. The fourth-order valence-electron chi connectivity index (χ4n) is 4.90. The lowest BCUT2D eigenvalue weighted by Crippen LogP contribution is -2.27. The number of para-hydroxylation sites is 1. The van der Waals surface area contributed by atoms with Crippen LogP contribution in [0.2, 0.25) is 5.02 Å². The van der Waals surface area contributed by atoms with Crippen LogP contribution in [0.3, 0.4) is 0 Å². The predicted octanol–water partition coefficient (Wildman–Crippen LogP) is 6.19. The van der Waals surface area contributed by atoms with Gasteiger partial charge in [0.2, 0.25) is 0 Å². The van der Waals surface area contributed by atoms with Crippen LogP contribution in [-0.2, 0) is 12.6 Å². The lowest BCUT2D eigenvalue weighted by atomic mass is 10.0. The molecule has 6 aromatic rings. The zero-order valence-electron chi connectivity index (χ0n) is 23.1. The summed E-state index contributed by atoms with van der Waals surface area (Å²) in [6.45, 7) is 0. The van der Waals surface area contributed by atoms with Crippen LogP contribution in [0.25, 0.3) is 22.5 Å². The Balaban J connectivity index is 1.47. The second-order valence-electron chi connectivity index (χ2n) is 9.84. The molecule has 3 aromatic carbocycles. The molecule has 9 nitrogen and oxygen atoms in total. The van der Waals surface area contributed by atoms with Crippen molar-refractivity contribution in [1.29, 1.82) is 0 Å². The number of alkyl halides is 3. The van der Waals surface area contributed by atoms with Gasteiger partial charge in [-0.1, -0.05) is 70.6 Å². The van der Waals surface area contributed by atoms with Gasteiger partial charge in [-0.3, -0.25) is 4.79 Å². The molecular formula is C31H23ClF3N7O2. The van der Waals surface area contributed by atoms with E-state index in [0.717, 1.165) is 22.1 Å². The van der Waals surface area contributed by atoms with Crippen LogP contribution in [-0.4, -0.2) is 41.7 Å². The number of hydrogen-bond acceptors (Lipinski definition) is 6. The molecule has 1 unspecified atom stereocenters. The molecule has 0 saturated heterocycles. The molecule has 1 atom stereocenters. The Morgan fingerprint density at radius 3 is 2.23 bits per heavy atom. The molecule has 0 aliphatic carbocycles. The second-order valence-corrected chi connectivity index (χ2v) is 10.3. The van der Waals surface area contributed by atoms with E-state index >= 15 is 0 Å². The quantitative estimate of drug-likeness (QED) is 0.202. The highest BCUT2D eigenvalue weighted by molar-refractivity contribution is 6.31. The largest absolute Gasteiger partial charge is 0.495 e. The Morgan fingerprint density at radius 1 is 0.841 bits per heavy atom. The molecule has 0 saturated carbocycles. The molecule has 0 fully saturated rings. The number of nitrogens with zero attached hydrogens (tertiary/aromatic N) is 7. The van der Waals surface area contributed by atoms with Gasteiger partial charge in [0.1, 0.15) is 11.4 Å². The maximum absolute atomic E-state index is 13.9. The van der Waals surface area contributed by atoms with Crippen LogP contribution >= 0.6 is 11.6 Å². The summed E-state index contributed by atoms with van der Waals surface area (Å²) in [6, 6.07) is 24.4. The maximum Gasteiger partial charge on any atom is 0.436 e. The fraction of sp³-hybridized carbons (Fsp3) is 0.129. The van der Waals surface area contributed by atoms with E-state index in [4.69, 9.17) is 16.3 Å². The van der Waals surface area contributed by atoms with Crippen LogP contribution in [0.15, 0.2) is 108 Å². The van der Waals surface area contributed by atoms with Crippen molar-refractivity contribution >= 4 is 11.6 Å².